The molecule has 1 atom stereocenters. The maximum Gasteiger partial charge on any atom is 0.254 e. The molecule has 116 valence electrons. The third kappa shape index (κ3) is 2.82. The number of amides is 1. The van der Waals surface area contributed by atoms with Crippen molar-refractivity contribution >= 4 is 16.8 Å². The summed E-state index contributed by atoms with van der Waals surface area (Å²) in [5, 5.41) is 0.841. The third-order valence-corrected chi connectivity index (χ3v) is 4.71. The van der Waals surface area contributed by atoms with E-state index in [4.69, 9.17) is 0 Å². The van der Waals surface area contributed by atoms with Crippen LogP contribution in [0.5, 0.6) is 0 Å². The van der Waals surface area contributed by atoms with Crippen molar-refractivity contribution in [2.24, 2.45) is 11.3 Å². The minimum absolute atomic E-state index is 0.106. The number of likely N-dealkylation sites (tertiary alicyclic amines) is 1. The minimum atomic E-state index is 0.106. The quantitative estimate of drug-likeness (QED) is 0.809. The van der Waals surface area contributed by atoms with Crippen LogP contribution in [0.25, 0.3) is 10.9 Å². The Labute approximate surface area is 131 Å². The fourth-order valence-electron chi connectivity index (χ4n) is 3.21. The second kappa shape index (κ2) is 5.67. The summed E-state index contributed by atoms with van der Waals surface area (Å²) in [7, 11) is 0. The van der Waals surface area contributed by atoms with Crippen LogP contribution in [0.1, 0.15) is 44.0 Å². The number of hydrogen-bond donors (Lipinski definition) is 0. The summed E-state index contributed by atoms with van der Waals surface area (Å²) in [5.41, 5.74) is 1.78. The zero-order chi connectivity index (χ0) is 15.7. The van der Waals surface area contributed by atoms with E-state index < -0.39 is 0 Å². The van der Waals surface area contributed by atoms with Gasteiger partial charge in [0.25, 0.3) is 5.91 Å². The van der Waals surface area contributed by atoms with Crippen LogP contribution in [0.4, 0.5) is 0 Å². The van der Waals surface area contributed by atoms with E-state index >= 15 is 0 Å². The average molecular weight is 297 g/mol. The van der Waals surface area contributed by atoms with Crippen LogP contribution < -0.4 is 0 Å². The molecule has 4 nitrogen and oxygen atoms in total. The lowest BCUT2D eigenvalue weighted by Crippen LogP contribution is -2.43. The standard InChI is InChI=1S/C18H23N3O/c1-18(2,3)13-5-4-10-21(12-13)17(22)14-6-9-20-16-7-8-19-11-15(14)16/h6-9,11,13H,4-5,10,12H2,1-3H3/t13-/m0/s1. The van der Waals surface area contributed by atoms with Crippen molar-refractivity contribution < 1.29 is 4.79 Å². The maximum absolute atomic E-state index is 13.0. The van der Waals surface area contributed by atoms with E-state index in [1.54, 1.807) is 18.6 Å². The van der Waals surface area contributed by atoms with Gasteiger partial charge < -0.3 is 4.90 Å². The number of hydrogen-bond acceptors (Lipinski definition) is 3. The van der Waals surface area contributed by atoms with Crippen LogP contribution in [0.15, 0.2) is 30.7 Å². The fourth-order valence-corrected chi connectivity index (χ4v) is 3.21. The molecule has 1 amide bonds. The van der Waals surface area contributed by atoms with Gasteiger partial charge in [-0.15, -0.1) is 0 Å². The molecule has 4 heteroatoms. The number of fused-ring (bicyclic) bond motifs is 1. The van der Waals surface area contributed by atoms with Crippen molar-refractivity contribution in [2.75, 3.05) is 13.1 Å². The molecule has 3 heterocycles. The van der Waals surface area contributed by atoms with Crippen LogP contribution in [-0.2, 0) is 0 Å². The van der Waals surface area contributed by atoms with Gasteiger partial charge >= 0.3 is 0 Å². The molecular formula is C18H23N3O. The number of carbonyl (C=O) groups excluding carboxylic acids is 1. The van der Waals surface area contributed by atoms with Crippen LogP contribution in [0.2, 0.25) is 0 Å². The number of aromatic nitrogens is 2. The van der Waals surface area contributed by atoms with E-state index in [9.17, 15) is 4.79 Å². The third-order valence-electron chi connectivity index (χ3n) is 4.71. The first-order valence-corrected chi connectivity index (χ1v) is 7.95. The van der Waals surface area contributed by atoms with Crippen LogP contribution in [0, 0.1) is 11.3 Å². The molecule has 2 aromatic heterocycles. The Morgan fingerprint density at radius 2 is 2.09 bits per heavy atom. The van der Waals surface area contributed by atoms with Crippen molar-refractivity contribution in [3.05, 3.63) is 36.3 Å². The molecule has 0 unspecified atom stereocenters. The highest BCUT2D eigenvalue weighted by molar-refractivity contribution is 6.05. The molecule has 22 heavy (non-hydrogen) atoms. The summed E-state index contributed by atoms with van der Waals surface area (Å²) in [6, 6.07) is 3.66. The molecule has 1 fully saturated rings. The number of piperidine rings is 1. The molecule has 0 radical (unpaired) electrons. The van der Waals surface area contributed by atoms with Crippen LogP contribution in [-0.4, -0.2) is 33.9 Å². The molecule has 0 aromatic carbocycles. The van der Waals surface area contributed by atoms with E-state index in [0.29, 0.717) is 11.5 Å². The van der Waals surface area contributed by atoms with Crippen molar-refractivity contribution in [3.8, 4) is 0 Å². The Kier molecular flexibility index (Phi) is 3.85. The van der Waals surface area contributed by atoms with Gasteiger partial charge in [0, 0.05) is 37.1 Å². The van der Waals surface area contributed by atoms with Crippen LogP contribution >= 0.6 is 0 Å². The number of carbonyl (C=O) groups is 1. The predicted molar refractivity (Wildman–Crippen MR) is 87.6 cm³/mol. The van der Waals surface area contributed by atoms with Crippen molar-refractivity contribution in [1.29, 1.82) is 0 Å². The van der Waals surface area contributed by atoms with Gasteiger partial charge in [-0.25, -0.2) is 0 Å². The minimum Gasteiger partial charge on any atom is -0.338 e. The van der Waals surface area contributed by atoms with Gasteiger partial charge in [0.05, 0.1) is 11.1 Å². The highest BCUT2D eigenvalue weighted by Gasteiger charge is 2.32. The molecule has 0 spiro atoms. The molecule has 1 aliphatic rings. The number of nitrogens with zero attached hydrogens (tertiary/aromatic N) is 3. The van der Waals surface area contributed by atoms with Crippen molar-refractivity contribution in [3.63, 3.8) is 0 Å². The summed E-state index contributed by atoms with van der Waals surface area (Å²) in [4.78, 5) is 23.4. The van der Waals surface area contributed by atoms with Gasteiger partial charge in [-0.05, 0) is 36.3 Å². The molecule has 1 saturated heterocycles. The topological polar surface area (TPSA) is 46.1 Å². The van der Waals surface area contributed by atoms with E-state index in [1.165, 1.54) is 6.42 Å². The summed E-state index contributed by atoms with van der Waals surface area (Å²) < 4.78 is 0. The highest BCUT2D eigenvalue weighted by Crippen LogP contribution is 2.34. The summed E-state index contributed by atoms with van der Waals surface area (Å²) >= 11 is 0. The lowest BCUT2D eigenvalue weighted by atomic mass is 9.76. The highest BCUT2D eigenvalue weighted by atomic mass is 16.2. The van der Waals surface area contributed by atoms with Gasteiger partial charge in [0.1, 0.15) is 0 Å². The van der Waals surface area contributed by atoms with Gasteiger partial charge in [-0.2, -0.15) is 0 Å². The zero-order valence-corrected chi connectivity index (χ0v) is 13.5. The molecule has 0 N–H and O–H groups in total. The summed E-state index contributed by atoms with van der Waals surface area (Å²) in [6.45, 7) is 8.47. The monoisotopic (exact) mass is 297 g/mol. The molecule has 0 bridgehead atoms. The van der Waals surface area contributed by atoms with E-state index in [2.05, 4.69) is 30.7 Å². The average Bonchev–Trinajstić information content (AvgIpc) is 2.53. The van der Waals surface area contributed by atoms with Crippen molar-refractivity contribution in [1.82, 2.24) is 14.9 Å². The Morgan fingerprint density at radius 1 is 1.27 bits per heavy atom. The molecule has 0 aliphatic carbocycles. The Bertz CT molecular complexity index is 685. The van der Waals surface area contributed by atoms with Gasteiger partial charge in [0.15, 0.2) is 0 Å². The first kappa shape index (κ1) is 14.9. The molecular weight excluding hydrogens is 274 g/mol. The number of rotatable bonds is 1. The lowest BCUT2D eigenvalue weighted by molar-refractivity contribution is 0.0565. The smallest absolute Gasteiger partial charge is 0.254 e. The van der Waals surface area contributed by atoms with E-state index in [-0.39, 0.29) is 11.3 Å². The first-order valence-electron chi connectivity index (χ1n) is 7.95. The summed E-state index contributed by atoms with van der Waals surface area (Å²) in [5.74, 6) is 0.658. The molecule has 0 saturated carbocycles. The normalized spacial score (nSPS) is 19.4. The van der Waals surface area contributed by atoms with E-state index in [1.807, 2.05) is 17.0 Å². The van der Waals surface area contributed by atoms with Gasteiger partial charge in [-0.3, -0.25) is 14.8 Å². The summed E-state index contributed by atoms with van der Waals surface area (Å²) in [6.07, 6.45) is 7.43. The van der Waals surface area contributed by atoms with Gasteiger partial charge in [0.2, 0.25) is 0 Å². The Hall–Kier alpha value is -1.97. The second-order valence-electron chi connectivity index (χ2n) is 7.21. The Morgan fingerprint density at radius 3 is 2.86 bits per heavy atom. The van der Waals surface area contributed by atoms with Crippen LogP contribution in [0.3, 0.4) is 0 Å². The van der Waals surface area contributed by atoms with Crippen molar-refractivity contribution in [2.45, 2.75) is 33.6 Å². The molecule has 3 rings (SSSR count). The SMILES string of the molecule is CC(C)(C)[C@H]1CCCN(C(=O)c2ccnc3ccncc23)C1. The molecule has 1 aliphatic heterocycles. The zero-order valence-electron chi connectivity index (χ0n) is 13.5. The predicted octanol–water partition coefficient (Wildman–Crippen LogP) is 3.53. The number of pyridine rings is 2. The lowest BCUT2D eigenvalue weighted by Gasteiger charge is -2.39. The fraction of sp³-hybridized carbons (Fsp3) is 0.500. The maximum atomic E-state index is 13.0. The largest absolute Gasteiger partial charge is 0.338 e. The Balaban J connectivity index is 1.90. The first-order chi connectivity index (χ1) is 10.5. The molecule has 2 aromatic rings. The second-order valence-corrected chi connectivity index (χ2v) is 7.21. The van der Waals surface area contributed by atoms with E-state index in [0.717, 1.165) is 30.4 Å². The van der Waals surface area contributed by atoms with Gasteiger partial charge in [-0.1, -0.05) is 20.8 Å².